The third-order valence-corrected chi connectivity index (χ3v) is 5.06. The van der Waals surface area contributed by atoms with Crippen LogP contribution in [0.15, 0.2) is 0 Å². The fourth-order valence-corrected chi connectivity index (χ4v) is 3.54. The van der Waals surface area contributed by atoms with E-state index < -0.39 is 47.9 Å². The van der Waals surface area contributed by atoms with Crippen LogP contribution in [0.2, 0.25) is 0 Å². The number of amides is 3. The van der Waals surface area contributed by atoms with Crippen molar-refractivity contribution in [2.75, 3.05) is 0 Å². The van der Waals surface area contributed by atoms with Crippen molar-refractivity contribution in [1.82, 2.24) is 16.0 Å². The lowest BCUT2D eigenvalue weighted by Gasteiger charge is -2.27. The Bertz CT molecular complexity index is 649. The maximum Gasteiger partial charge on any atom is 0.326 e. The molecule has 192 valence electrons. The fourth-order valence-electron chi connectivity index (χ4n) is 3.54. The molecule has 9 nitrogen and oxygen atoms in total. The number of nitrogens with one attached hydrogen (secondary N) is 3. The van der Waals surface area contributed by atoms with Gasteiger partial charge in [-0.05, 0) is 49.4 Å². The largest absolute Gasteiger partial charge is 0.480 e. The standard InChI is InChI=1S/C24H46N4O5/c1-13(2)9-17(25)21(29)26-18(10-14(3)4)22(30)27-19(11-15(5)6)23(31)28-20(24(32)33)12-16(7)8/h13-20H,9-12,25H2,1-8H3,(H,26,29)(H,27,30)(H,28,31)(H,32,33). The smallest absolute Gasteiger partial charge is 0.326 e. The van der Waals surface area contributed by atoms with E-state index in [0.29, 0.717) is 19.3 Å². The quantitative estimate of drug-likeness (QED) is 0.247. The second-order valence-corrected chi connectivity index (χ2v) is 10.6. The van der Waals surface area contributed by atoms with Crippen LogP contribution in [0.1, 0.15) is 81.1 Å². The van der Waals surface area contributed by atoms with Crippen LogP contribution in [0.4, 0.5) is 0 Å². The molecule has 4 atom stereocenters. The van der Waals surface area contributed by atoms with Crippen LogP contribution in [0, 0.1) is 23.7 Å². The summed E-state index contributed by atoms with van der Waals surface area (Å²) in [4.78, 5) is 50.1. The molecular formula is C24H46N4O5. The monoisotopic (exact) mass is 470 g/mol. The van der Waals surface area contributed by atoms with E-state index in [0.717, 1.165) is 0 Å². The van der Waals surface area contributed by atoms with Crippen LogP contribution in [-0.2, 0) is 19.2 Å². The van der Waals surface area contributed by atoms with Gasteiger partial charge in [0.1, 0.15) is 18.1 Å². The Morgan fingerprint density at radius 3 is 1.21 bits per heavy atom. The minimum Gasteiger partial charge on any atom is -0.480 e. The first-order chi connectivity index (χ1) is 15.1. The van der Waals surface area contributed by atoms with E-state index >= 15 is 0 Å². The number of carbonyl (C=O) groups excluding carboxylic acids is 3. The van der Waals surface area contributed by atoms with Gasteiger partial charge in [0.05, 0.1) is 6.04 Å². The fraction of sp³-hybridized carbons (Fsp3) is 0.833. The van der Waals surface area contributed by atoms with Gasteiger partial charge in [-0.25, -0.2) is 4.79 Å². The van der Waals surface area contributed by atoms with Gasteiger partial charge in [-0.15, -0.1) is 0 Å². The number of carbonyl (C=O) groups is 4. The molecule has 0 radical (unpaired) electrons. The zero-order chi connectivity index (χ0) is 25.9. The lowest BCUT2D eigenvalue weighted by atomic mass is 9.98. The van der Waals surface area contributed by atoms with Gasteiger partial charge in [0, 0.05) is 0 Å². The van der Waals surface area contributed by atoms with E-state index in [4.69, 9.17) is 5.73 Å². The Labute approximate surface area is 199 Å². The van der Waals surface area contributed by atoms with Crippen LogP contribution in [0.5, 0.6) is 0 Å². The molecule has 0 saturated carbocycles. The van der Waals surface area contributed by atoms with Crippen LogP contribution in [-0.4, -0.2) is 53.0 Å². The number of hydrogen-bond donors (Lipinski definition) is 5. The van der Waals surface area contributed by atoms with Gasteiger partial charge in [-0.1, -0.05) is 55.4 Å². The number of nitrogens with two attached hydrogens (primary N) is 1. The first-order valence-electron chi connectivity index (χ1n) is 12.0. The predicted molar refractivity (Wildman–Crippen MR) is 129 cm³/mol. The van der Waals surface area contributed by atoms with Crippen molar-refractivity contribution < 1.29 is 24.3 Å². The van der Waals surface area contributed by atoms with Crippen LogP contribution >= 0.6 is 0 Å². The highest BCUT2D eigenvalue weighted by molar-refractivity contribution is 5.94. The Morgan fingerprint density at radius 2 is 0.879 bits per heavy atom. The highest BCUT2D eigenvalue weighted by atomic mass is 16.4. The molecule has 0 rings (SSSR count). The molecule has 0 aromatic heterocycles. The van der Waals surface area contributed by atoms with Gasteiger partial charge in [-0.3, -0.25) is 14.4 Å². The molecule has 0 fully saturated rings. The third-order valence-electron chi connectivity index (χ3n) is 5.06. The predicted octanol–water partition coefficient (Wildman–Crippen LogP) is 2.04. The van der Waals surface area contributed by atoms with Gasteiger partial charge >= 0.3 is 5.97 Å². The molecule has 0 bridgehead atoms. The third kappa shape index (κ3) is 13.2. The Morgan fingerprint density at radius 1 is 0.576 bits per heavy atom. The first-order valence-corrected chi connectivity index (χ1v) is 12.0. The molecule has 0 spiro atoms. The average molecular weight is 471 g/mol. The Balaban J connectivity index is 5.50. The second-order valence-electron chi connectivity index (χ2n) is 10.6. The first kappa shape index (κ1) is 30.8. The van der Waals surface area contributed by atoms with E-state index in [-0.39, 0.29) is 30.1 Å². The van der Waals surface area contributed by atoms with Crippen LogP contribution in [0.25, 0.3) is 0 Å². The zero-order valence-corrected chi connectivity index (χ0v) is 21.6. The molecule has 6 N–H and O–H groups in total. The maximum absolute atomic E-state index is 13.1. The van der Waals surface area contributed by atoms with Crippen LogP contribution < -0.4 is 21.7 Å². The molecule has 0 heterocycles. The number of carboxylic acids is 1. The molecule has 3 amide bonds. The number of rotatable bonds is 15. The van der Waals surface area contributed by atoms with Crippen molar-refractivity contribution in [3.63, 3.8) is 0 Å². The maximum atomic E-state index is 13.1. The summed E-state index contributed by atoms with van der Waals surface area (Å²) in [5.41, 5.74) is 5.97. The molecule has 0 aromatic carbocycles. The summed E-state index contributed by atoms with van der Waals surface area (Å²) in [6.07, 6.45) is 1.49. The van der Waals surface area contributed by atoms with E-state index in [1.165, 1.54) is 0 Å². The minimum atomic E-state index is -1.12. The van der Waals surface area contributed by atoms with Gasteiger partial charge < -0.3 is 26.8 Å². The van der Waals surface area contributed by atoms with Crippen molar-refractivity contribution >= 4 is 23.7 Å². The summed E-state index contributed by atoms with van der Waals surface area (Å²) < 4.78 is 0. The molecular weight excluding hydrogens is 424 g/mol. The summed E-state index contributed by atoms with van der Waals surface area (Å²) in [5.74, 6) is -2.05. The Kier molecular flexibility index (Phi) is 13.9. The lowest BCUT2D eigenvalue weighted by molar-refractivity contribution is -0.143. The van der Waals surface area contributed by atoms with Crippen molar-refractivity contribution in [3.05, 3.63) is 0 Å². The van der Waals surface area contributed by atoms with Gasteiger partial charge in [0.15, 0.2) is 0 Å². The van der Waals surface area contributed by atoms with Crippen LogP contribution in [0.3, 0.4) is 0 Å². The molecule has 0 saturated heterocycles. The minimum absolute atomic E-state index is 0.0743. The summed E-state index contributed by atoms with van der Waals surface area (Å²) in [7, 11) is 0. The molecule has 0 aliphatic heterocycles. The van der Waals surface area contributed by atoms with Crippen molar-refractivity contribution in [2.24, 2.45) is 29.4 Å². The molecule has 0 aliphatic rings. The second kappa shape index (κ2) is 14.9. The lowest BCUT2D eigenvalue weighted by Crippen LogP contribution is -2.57. The highest BCUT2D eigenvalue weighted by Crippen LogP contribution is 2.11. The summed E-state index contributed by atoms with van der Waals surface area (Å²) in [6, 6.07) is -3.52. The molecule has 0 aromatic rings. The Hall–Kier alpha value is -2.16. The van der Waals surface area contributed by atoms with Gasteiger partial charge in [0.2, 0.25) is 17.7 Å². The van der Waals surface area contributed by atoms with E-state index in [1.807, 2.05) is 55.4 Å². The van der Waals surface area contributed by atoms with Gasteiger partial charge in [0.25, 0.3) is 0 Å². The van der Waals surface area contributed by atoms with Crippen molar-refractivity contribution in [1.29, 1.82) is 0 Å². The molecule has 9 heteroatoms. The van der Waals surface area contributed by atoms with E-state index in [1.54, 1.807) is 0 Å². The number of aliphatic carboxylic acids is 1. The van der Waals surface area contributed by atoms with E-state index in [9.17, 15) is 24.3 Å². The van der Waals surface area contributed by atoms with Gasteiger partial charge in [-0.2, -0.15) is 0 Å². The SMILES string of the molecule is CC(C)CC(N)C(=O)NC(CC(C)C)C(=O)NC(CC(C)C)C(=O)NC(CC(C)C)C(=O)O. The van der Waals surface area contributed by atoms with Crippen molar-refractivity contribution in [3.8, 4) is 0 Å². The number of hydrogen-bond acceptors (Lipinski definition) is 5. The molecule has 33 heavy (non-hydrogen) atoms. The zero-order valence-electron chi connectivity index (χ0n) is 21.6. The summed E-state index contributed by atoms with van der Waals surface area (Å²) in [5, 5.41) is 17.5. The highest BCUT2D eigenvalue weighted by Gasteiger charge is 2.31. The van der Waals surface area contributed by atoms with Crippen molar-refractivity contribution in [2.45, 2.75) is 105 Å². The summed E-state index contributed by atoms with van der Waals surface area (Å²) >= 11 is 0. The number of carboxylic acid groups (broad SMARTS) is 1. The molecule has 0 aliphatic carbocycles. The molecule has 4 unspecified atom stereocenters. The normalized spacial score (nSPS) is 15.3. The average Bonchev–Trinajstić information content (AvgIpc) is 2.64. The van der Waals surface area contributed by atoms with E-state index in [2.05, 4.69) is 16.0 Å². The summed E-state index contributed by atoms with van der Waals surface area (Å²) in [6.45, 7) is 15.4. The topological polar surface area (TPSA) is 151 Å².